The molecule has 0 saturated carbocycles. The molecule has 1 N–H and O–H groups in total. The van der Waals surface area contributed by atoms with Gasteiger partial charge >= 0.3 is 18.3 Å². The minimum Gasteiger partial charge on any atom is -0.478 e. The van der Waals surface area contributed by atoms with Crippen molar-refractivity contribution in [3.8, 4) is 0 Å². The Morgan fingerprint density at radius 1 is 1.06 bits per heavy atom. The number of benzene rings is 2. The van der Waals surface area contributed by atoms with Gasteiger partial charge in [-0.15, -0.1) is 0 Å². The van der Waals surface area contributed by atoms with E-state index in [-0.39, 0.29) is 28.2 Å². The van der Waals surface area contributed by atoms with Gasteiger partial charge in [0, 0.05) is 18.4 Å². The first kappa shape index (κ1) is 24.6. The number of ketones is 1. The molecule has 0 aliphatic carbocycles. The van der Waals surface area contributed by atoms with Crippen molar-refractivity contribution in [1.82, 2.24) is 4.57 Å². The average molecular weight is 492 g/mol. The van der Waals surface area contributed by atoms with E-state index in [4.69, 9.17) is 11.6 Å². The molecule has 0 saturated heterocycles. The standard InChI is InChI=1S/C22H16ClF6NO3/c1-2-30-17-10-16(23)14(20(32)33)7-12(17)8-18(30)19(31)9-15(22(27,28)29)11-4-3-5-13(6-11)21(24,25)26/h3-8,10,15H,2,9H2,1H3,(H,32,33). The van der Waals surface area contributed by atoms with Crippen molar-refractivity contribution in [1.29, 1.82) is 0 Å². The third-order valence-corrected chi connectivity index (χ3v) is 5.54. The number of aromatic nitrogens is 1. The van der Waals surface area contributed by atoms with E-state index in [0.717, 1.165) is 12.1 Å². The second-order valence-electron chi connectivity index (χ2n) is 7.31. The maximum Gasteiger partial charge on any atom is 0.416 e. The zero-order valence-corrected chi connectivity index (χ0v) is 17.6. The van der Waals surface area contributed by atoms with E-state index in [1.807, 2.05) is 0 Å². The van der Waals surface area contributed by atoms with Crippen LogP contribution in [0.2, 0.25) is 5.02 Å². The smallest absolute Gasteiger partial charge is 0.416 e. The molecule has 0 aliphatic heterocycles. The van der Waals surface area contributed by atoms with Crippen molar-refractivity contribution in [3.63, 3.8) is 0 Å². The van der Waals surface area contributed by atoms with E-state index in [0.29, 0.717) is 17.6 Å². The molecule has 0 fully saturated rings. The van der Waals surface area contributed by atoms with Crippen LogP contribution in [0.1, 0.15) is 51.2 Å². The molecule has 3 aromatic rings. The molecule has 176 valence electrons. The molecule has 1 heterocycles. The monoisotopic (exact) mass is 491 g/mol. The molecular weight excluding hydrogens is 476 g/mol. The van der Waals surface area contributed by atoms with Crippen molar-refractivity contribution in [2.45, 2.75) is 38.2 Å². The van der Waals surface area contributed by atoms with Crippen LogP contribution in [-0.2, 0) is 12.7 Å². The van der Waals surface area contributed by atoms with Crippen LogP contribution >= 0.6 is 11.6 Å². The van der Waals surface area contributed by atoms with Crippen molar-refractivity contribution in [2.24, 2.45) is 0 Å². The lowest BCUT2D eigenvalue weighted by molar-refractivity contribution is -0.150. The summed E-state index contributed by atoms with van der Waals surface area (Å²) in [5.74, 6) is -4.74. The van der Waals surface area contributed by atoms with Crippen LogP contribution in [0.4, 0.5) is 26.3 Å². The van der Waals surface area contributed by atoms with E-state index in [1.165, 1.54) is 22.8 Å². The Kier molecular flexibility index (Phi) is 6.52. The summed E-state index contributed by atoms with van der Waals surface area (Å²) in [6.45, 7) is 1.79. The van der Waals surface area contributed by atoms with Gasteiger partial charge in [0.2, 0.25) is 0 Å². The number of rotatable bonds is 6. The number of carboxylic acid groups (broad SMARTS) is 1. The van der Waals surface area contributed by atoms with Gasteiger partial charge in [0.05, 0.1) is 33.3 Å². The van der Waals surface area contributed by atoms with Gasteiger partial charge in [-0.25, -0.2) is 4.79 Å². The lowest BCUT2D eigenvalue weighted by Crippen LogP contribution is -2.25. The number of carbonyl (C=O) groups excluding carboxylic acids is 1. The number of hydrogen-bond acceptors (Lipinski definition) is 2. The first-order chi connectivity index (χ1) is 15.2. The Morgan fingerprint density at radius 2 is 1.73 bits per heavy atom. The lowest BCUT2D eigenvalue weighted by atomic mass is 9.91. The predicted octanol–water partition coefficient (Wildman–Crippen LogP) is 6.95. The number of aryl methyl sites for hydroxylation is 1. The van der Waals surface area contributed by atoms with Gasteiger partial charge in [-0.1, -0.05) is 29.8 Å². The number of aromatic carboxylic acids is 1. The third-order valence-electron chi connectivity index (χ3n) is 5.22. The Balaban J connectivity index is 2.05. The molecule has 4 nitrogen and oxygen atoms in total. The van der Waals surface area contributed by atoms with E-state index in [1.54, 1.807) is 6.92 Å². The van der Waals surface area contributed by atoms with Crippen LogP contribution in [0.3, 0.4) is 0 Å². The molecule has 0 bridgehead atoms. The van der Waals surface area contributed by atoms with Crippen LogP contribution in [-0.4, -0.2) is 27.6 Å². The van der Waals surface area contributed by atoms with Crippen molar-refractivity contribution in [3.05, 3.63) is 69.9 Å². The highest BCUT2D eigenvalue weighted by Gasteiger charge is 2.43. The van der Waals surface area contributed by atoms with Crippen LogP contribution in [0.25, 0.3) is 10.9 Å². The first-order valence-electron chi connectivity index (χ1n) is 9.57. The summed E-state index contributed by atoms with van der Waals surface area (Å²) in [7, 11) is 0. The lowest BCUT2D eigenvalue weighted by Gasteiger charge is -2.21. The van der Waals surface area contributed by atoms with Gasteiger partial charge in [0.15, 0.2) is 5.78 Å². The third kappa shape index (κ3) is 5.00. The Morgan fingerprint density at radius 3 is 2.27 bits per heavy atom. The predicted molar refractivity (Wildman–Crippen MR) is 109 cm³/mol. The summed E-state index contributed by atoms with van der Waals surface area (Å²) in [6.07, 6.45) is -10.9. The highest BCUT2D eigenvalue weighted by molar-refractivity contribution is 6.34. The molecule has 0 aliphatic rings. The molecule has 2 aromatic carbocycles. The minimum atomic E-state index is -4.98. The quantitative estimate of drug-likeness (QED) is 0.300. The number of carbonyl (C=O) groups is 2. The summed E-state index contributed by atoms with van der Waals surface area (Å²) in [5, 5.41) is 9.39. The molecule has 1 unspecified atom stereocenters. The van der Waals surface area contributed by atoms with Gasteiger partial charge in [-0.3, -0.25) is 4.79 Å². The van der Waals surface area contributed by atoms with Gasteiger partial charge in [-0.2, -0.15) is 26.3 Å². The SMILES string of the molecule is CCn1c(C(=O)CC(c2cccc(C(F)(F)F)c2)C(F)(F)F)cc2cc(C(=O)O)c(Cl)cc21. The number of carboxylic acids is 1. The molecule has 0 spiro atoms. The minimum absolute atomic E-state index is 0.112. The molecule has 11 heteroatoms. The molecule has 33 heavy (non-hydrogen) atoms. The number of Topliss-reactive ketones (excluding diaryl/α,β-unsaturated/α-hetero) is 1. The second kappa shape index (κ2) is 8.74. The van der Waals surface area contributed by atoms with Crippen LogP contribution in [0.15, 0.2) is 42.5 Å². The largest absolute Gasteiger partial charge is 0.478 e. The number of nitrogens with zero attached hydrogens (tertiary/aromatic N) is 1. The normalized spacial score (nSPS) is 13.3. The zero-order chi connectivity index (χ0) is 24.7. The highest BCUT2D eigenvalue weighted by atomic mass is 35.5. The Hall–Kier alpha value is -3.01. The number of fused-ring (bicyclic) bond motifs is 1. The fourth-order valence-electron chi connectivity index (χ4n) is 3.66. The van der Waals surface area contributed by atoms with Crippen molar-refractivity contribution >= 4 is 34.3 Å². The highest BCUT2D eigenvalue weighted by Crippen LogP contribution is 2.41. The molecule has 3 rings (SSSR count). The van der Waals surface area contributed by atoms with Gasteiger partial charge in [0.25, 0.3) is 0 Å². The van der Waals surface area contributed by atoms with E-state index in [2.05, 4.69) is 0 Å². The van der Waals surface area contributed by atoms with Crippen LogP contribution in [0.5, 0.6) is 0 Å². The molecule has 1 aromatic heterocycles. The maximum atomic E-state index is 13.8. The fourth-order valence-corrected chi connectivity index (χ4v) is 3.90. The van der Waals surface area contributed by atoms with Crippen molar-refractivity contribution < 1.29 is 41.0 Å². The Labute approximate surface area is 188 Å². The first-order valence-corrected chi connectivity index (χ1v) is 9.95. The molecule has 0 amide bonds. The van der Waals surface area contributed by atoms with Crippen molar-refractivity contribution in [2.75, 3.05) is 0 Å². The van der Waals surface area contributed by atoms with Gasteiger partial charge in [0.1, 0.15) is 0 Å². The van der Waals surface area contributed by atoms with Gasteiger partial charge in [-0.05, 0) is 36.8 Å². The topological polar surface area (TPSA) is 59.3 Å². The second-order valence-corrected chi connectivity index (χ2v) is 7.72. The summed E-state index contributed by atoms with van der Waals surface area (Å²) >= 11 is 5.97. The zero-order valence-electron chi connectivity index (χ0n) is 16.9. The number of hydrogen-bond donors (Lipinski definition) is 1. The summed E-state index contributed by atoms with van der Waals surface area (Å²) in [6, 6.07) is 6.56. The maximum absolute atomic E-state index is 13.8. The van der Waals surface area contributed by atoms with E-state index in [9.17, 15) is 41.0 Å². The Bertz CT molecular complexity index is 1230. The summed E-state index contributed by atoms with van der Waals surface area (Å²) in [5.41, 5.74) is -1.96. The van der Waals surface area contributed by atoms with Gasteiger partial charge < -0.3 is 9.67 Å². The number of alkyl halides is 6. The number of halogens is 7. The van der Waals surface area contributed by atoms with Crippen LogP contribution in [0, 0.1) is 0 Å². The van der Waals surface area contributed by atoms with E-state index >= 15 is 0 Å². The summed E-state index contributed by atoms with van der Waals surface area (Å²) < 4.78 is 81.7. The fraction of sp³-hybridized carbons (Fsp3) is 0.273. The molecule has 0 radical (unpaired) electrons. The van der Waals surface area contributed by atoms with Crippen LogP contribution < -0.4 is 0 Å². The van der Waals surface area contributed by atoms with E-state index < -0.39 is 47.6 Å². The molecular formula is C22H16ClF6NO3. The summed E-state index contributed by atoms with van der Waals surface area (Å²) in [4.78, 5) is 24.2. The molecule has 1 atom stereocenters. The average Bonchev–Trinajstić information content (AvgIpc) is 3.07.